The number of benzene rings is 1. The number of fused-ring (bicyclic) bond motifs is 1. The number of carbonyl (C=O) groups excluding carboxylic acids is 1. The topological polar surface area (TPSA) is 69.6 Å². The molecule has 5 nitrogen and oxygen atoms in total. The molecular weight excluding hydrogens is 358 g/mol. The Balaban J connectivity index is 2.15. The van der Waals surface area contributed by atoms with Gasteiger partial charge in [-0.15, -0.1) is 0 Å². The number of hydrogen-bond donors (Lipinski definition) is 1. The fraction of sp³-hybridized carbons (Fsp3) is 0.176. The number of aromatic nitrogens is 2. The summed E-state index contributed by atoms with van der Waals surface area (Å²) in [6.45, 7) is 0. The first-order valence-corrected chi connectivity index (χ1v) is 7.94. The lowest BCUT2D eigenvalue weighted by Gasteiger charge is -2.11. The maximum Gasteiger partial charge on any atom is 0.323 e. The van der Waals surface area contributed by atoms with E-state index in [0.717, 1.165) is 27.1 Å². The lowest BCUT2D eigenvalue weighted by Crippen LogP contribution is -2.34. The van der Waals surface area contributed by atoms with Crippen molar-refractivity contribution in [2.24, 2.45) is 5.73 Å². The molecule has 0 amide bonds. The van der Waals surface area contributed by atoms with Crippen molar-refractivity contribution >= 4 is 27.5 Å². The van der Waals surface area contributed by atoms with Crippen LogP contribution in [-0.2, 0) is 16.0 Å². The maximum atomic E-state index is 11.7. The molecule has 0 bridgehead atoms. The molecule has 0 aliphatic rings. The molecule has 2 N–H and O–H groups in total. The molecule has 6 heteroatoms. The van der Waals surface area contributed by atoms with Gasteiger partial charge in [-0.1, -0.05) is 30.3 Å². The minimum Gasteiger partial charge on any atom is -0.468 e. The quantitative estimate of drug-likeness (QED) is 0.713. The van der Waals surface area contributed by atoms with Gasteiger partial charge in [0, 0.05) is 22.7 Å². The number of esters is 1. The molecule has 118 valence electrons. The zero-order valence-electron chi connectivity index (χ0n) is 12.6. The third-order valence-corrected chi connectivity index (χ3v) is 4.11. The summed E-state index contributed by atoms with van der Waals surface area (Å²) in [6, 6.07) is 13.0. The highest BCUT2D eigenvalue weighted by Gasteiger charge is 2.21. The van der Waals surface area contributed by atoms with Crippen molar-refractivity contribution in [3.63, 3.8) is 0 Å². The van der Waals surface area contributed by atoms with Gasteiger partial charge in [0.05, 0.1) is 18.5 Å². The molecule has 1 aromatic carbocycles. The highest BCUT2D eigenvalue weighted by atomic mass is 79.9. The van der Waals surface area contributed by atoms with Crippen LogP contribution in [0.25, 0.3) is 16.9 Å². The fourth-order valence-electron chi connectivity index (χ4n) is 2.53. The van der Waals surface area contributed by atoms with Gasteiger partial charge < -0.3 is 14.9 Å². The van der Waals surface area contributed by atoms with E-state index in [-0.39, 0.29) is 0 Å². The van der Waals surface area contributed by atoms with Crippen molar-refractivity contribution in [3.05, 3.63) is 58.8 Å². The van der Waals surface area contributed by atoms with Gasteiger partial charge in [0.15, 0.2) is 0 Å². The first kappa shape index (κ1) is 15.7. The van der Waals surface area contributed by atoms with E-state index in [1.54, 1.807) is 0 Å². The summed E-state index contributed by atoms with van der Waals surface area (Å²) >= 11 is 3.47. The van der Waals surface area contributed by atoms with E-state index in [2.05, 4.69) is 15.9 Å². The molecule has 0 saturated heterocycles. The number of halogens is 1. The molecule has 0 saturated carbocycles. The zero-order chi connectivity index (χ0) is 16.4. The number of carbonyl (C=O) groups is 1. The van der Waals surface area contributed by atoms with Crippen LogP contribution in [0.3, 0.4) is 0 Å². The zero-order valence-corrected chi connectivity index (χ0v) is 14.2. The smallest absolute Gasteiger partial charge is 0.323 e. The first-order chi connectivity index (χ1) is 11.1. The molecule has 2 heterocycles. The summed E-state index contributed by atoms with van der Waals surface area (Å²) < 4.78 is 7.62. The van der Waals surface area contributed by atoms with E-state index in [0.29, 0.717) is 6.42 Å². The Morgan fingerprint density at radius 2 is 2.04 bits per heavy atom. The summed E-state index contributed by atoms with van der Waals surface area (Å²) in [5.41, 5.74) is 9.46. The number of nitrogens with zero attached hydrogens (tertiary/aromatic N) is 2. The van der Waals surface area contributed by atoms with Crippen molar-refractivity contribution in [2.75, 3.05) is 7.11 Å². The van der Waals surface area contributed by atoms with Crippen molar-refractivity contribution in [3.8, 4) is 11.3 Å². The van der Waals surface area contributed by atoms with E-state index in [4.69, 9.17) is 15.5 Å². The Bertz CT molecular complexity index is 846. The van der Waals surface area contributed by atoms with Crippen LogP contribution in [-0.4, -0.2) is 28.5 Å². The Morgan fingerprint density at radius 3 is 2.74 bits per heavy atom. The van der Waals surface area contributed by atoms with E-state index in [1.807, 2.05) is 53.1 Å². The number of imidazole rings is 1. The van der Waals surface area contributed by atoms with Crippen molar-refractivity contribution < 1.29 is 9.53 Å². The van der Waals surface area contributed by atoms with Gasteiger partial charge in [-0.25, -0.2) is 4.98 Å². The third-order valence-electron chi connectivity index (χ3n) is 3.65. The normalized spacial score (nSPS) is 12.3. The van der Waals surface area contributed by atoms with Gasteiger partial charge >= 0.3 is 5.97 Å². The monoisotopic (exact) mass is 373 g/mol. The molecule has 3 aromatic rings. The minimum absolute atomic E-state index is 0.342. The molecule has 0 aliphatic carbocycles. The van der Waals surface area contributed by atoms with Crippen LogP contribution >= 0.6 is 15.9 Å². The number of rotatable bonds is 4. The lowest BCUT2D eigenvalue weighted by atomic mass is 10.1. The van der Waals surface area contributed by atoms with E-state index < -0.39 is 12.0 Å². The van der Waals surface area contributed by atoms with Crippen LogP contribution in [0.5, 0.6) is 0 Å². The Kier molecular flexibility index (Phi) is 4.45. The second-order valence-electron chi connectivity index (χ2n) is 5.18. The second kappa shape index (κ2) is 6.52. The molecule has 3 rings (SSSR count). The van der Waals surface area contributed by atoms with E-state index in [1.165, 1.54) is 7.11 Å². The van der Waals surface area contributed by atoms with E-state index >= 15 is 0 Å². The molecule has 23 heavy (non-hydrogen) atoms. The SMILES string of the molecule is COC(=O)C(N)Cc1c(-c2ccccc2)nc2ccc(Br)cn12. The predicted octanol–water partition coefficient (Wildman–Crippen LogP) is 2.81. The number of pyridine rings is 1. The molecule has 1 unspecified atom stereocenters. The Hall–Kier alpha value is -2.18. The van der Waals surface area contributed by atoms with Gasteiger partial charge in [-0.3, -0.25) is 4.79 Å². The van der Waals surface area contributed by atoms with Crippen molar-refractivity contribution in [1.82, 2.24) is 9.38 Å². The van der Waals surface area contributed by atoms with Crippen LogP contribution in [0.2, 0.25) is 0 Å². The van der Waals surface area contributed by atoms with E-state index in [9.17, 15) is 4.79 Å². The summed E-state index contributed by atoms with van der Waals surface area (Å²) in [6.07, 6.45) is 2.27. The Morgan fingerprint density at radius 1 is 1.30 bits per heavy atom. The average molecular weight is 374 g/mol. The summed E-state index contributed by atoms with van der Waals surface area (Å²) in [5.74, 6) is -0.436. The van der Waals surface area contributed by atoms with Crippen LogP contribution in [0.1, 0.15) is 5.69 Å². The van der Waals surface area contributed by atoms with Crippen molar-refractivity contribution in [1.29, 1.82) is 0 Å². The molecule has 0 spiro atoms. The average Bonchev–Trinajstić information content (AvgIpc) is 2.92. The highest BCUT2D eigenvalue weighted by Crippen LogP contribution is 2.26. The lowest BCUT2D eigenvalue weighted by molar-refractivity contribution is -0.142. The van der Waals surface area contributed by atoms with Crippen LogP contribution in [0.15, 0.2) is 53.1 Å². The van der Waals surface area contributed by atoms with Gasteiger partial charge in [-0.2, -0.15) is 0 Å². The second-order valence-corrected chi connectivity index (χ2v) is 6.10. The number of nitrogens with two attached hydrogens (primary N) is 1. The van der Waals surface area contributed by atoms with Gasteiger partial charge in [-0.05, 0) is 28.1 Å². The first-order valence-electron chi connectivity index (χ1n) is 7.15. The van der Waals surface area contributed by atoms with Gasteiger partial charge in [0.1, 0.15) is 11.7 Å². The molecular formula is C17H16BrN3O2. The van der Waals surface area contributed by atoms with Crippen molar-refractivity contribution in [2.45, 2.75) is 12.5 Å². The Labute approximate surface area is 142 Å². The van der Waals surface area contributed by atoms with Gasteiger partial charge in [0.2, 0.25) is 0 Å². The van der Waals surface area contributed by atoms with Crippen LogP contribution in [0, 0.1) is 0 Å². The summed E-state index contributed by atoms with van der Waals surface area (Å²) in [4.78, 5) is 16.4. The molecule has 1 atom stereocenters. The minimum atomic E-state index is -0.735. The van der Waals surface area contributed by atoms with Crippen LogP contribution in [0.4, 0.5) is 0 Å². The fourth-order valence-corrected chi connectivity index (χ4v) is 2.87. The standard InChI is InChI=1S/C17H16BrN3O2/c1-23-17(22)13(19)9-14-16(11-5-3-2-4-6-11)20-15-8-7-12(18)10-21(14)15/h2-8,10,13H,9,19H2,1H3. The van der Waals surface area contributed by atoms with Crippen LogP contribution < -0.4 is 5.73 Å². The summed E-state index contributed by atoms with van der Waals surface area (Å²) in [5, 5.41) is 0. The molecule has 0 fully saturated rings. The summed E-state index contributed by atoms with van der Waals surface area (Å²) in [7, 11) is 1.34. The maximum absolute atomic E-state index is 11.7. The molecule has 2 aromatic heterocycles. The molecule has 0 aliphatic heterocycles. The third kappa shape index (κ3) is 3.13. The van der Waals surface area contributed by atoms with Gasteiger partial charge in [0.25, 0.3) is 0 Å². The highest BCUT2D eigenvalue weighted by molar-refractivity contribution is 9.10. The number of ether oxygens (including phenoxy) is 1. The largest absolute Gasteiger partial charge is 0.468 e. The number of hydrogen-bond acceptors (Lipinski definition) is 4. The number of methoxy groups -OCH3 is 1. The molecule has 0 radical (unpaired) electrons. The predicted molar refractivity (Wildman–Crippen MR) is 92.0 cm³/mol.